The third-order valence-corrected chi connectivity index (χ3v) is 4.14. The van der Waals surface area contributed by atoms with Crippen molar-refractivity contribution in [1.82, 2.24) is 15.0 Å². The number of nitrogens with zero attached hydrogens (tertiary/aromatic N) is 3. The minimum Gasteiger partial charge on any atom is -0.375 e. The molecule has 0 amide bonds. The lowest BCUT2D eigenvalue weighted by atomic mass is 10.1. The largest absolute Gasteiger partial charge is 0.375 e. The SMILES string of the molecule is O=c1[nH]cnc2cc(NCc3cccc4cccnc34)c([N+](=O)[O-])cc12. The van der Waals surface area contributed by atoms with Crippen molar-refractivity contribution in [3.05, 3.63) is 81.0 Å². The van der Waals surface area contributed by atoms with E-state index in [9.17, 15) is 14.9 Å². The van der Waals surface area contributed by atoms with Crippen LogP contribution in [0.15, 0.2) is 59.8 Å². The Hall–Kier alpha value is -3.81. The molecule has 8 nitrogen and oxygen atoms in total. The summed E-state index contributed by atoms with van der Waals surface area (Å²) in [5.41, 5.74) is 1.84. The summed E-state index contributed by atoms with van der Waals surface area (Å²) in [6.45, 7) is 0.351. The summed E-state index contributed by atoms with van der Waals surface area (Å²) in [6.07, 6.45) is 2.98. The Morgan fingerprint density at radius 3 is 2.85 bits per heavy atom. The molecule has 0 spiro atoms. The molecule has 4 aromatic rings. The monoisotopic (exact) mass is 347 g/mol. The molecule has 2 aromatic carbocycles. The topological polar surface area (TPSA) is 114 Å². The van der Waals surface area contributed by atoms with Crippen molar-refractivity contribution in [2.24, 2.45) is 0 Å². The van der Waals surface area contributed by atoms with Gasteiger partial charge in [-0.25, -0.2) is 4.98 Å². The Morgan fingerprint density at radius 2 is 2.00 bits per heavy atom. The van der Waals surface area contributed by atoms with E-state index in [2.05, 4.69) is 20.3 Å². The molecular formula is C18H13N5O3. The fourth-order valence-corrected chi connectivity index (χ4v) is 2.90. The Balaban J connectivity index is 1.75. The molecular weight excluding hydrogens is 334 g/mol. The van der Waals surface area contributed by atoms with Crippen molar-refractivity contribution in [2.75, 3.05) is 5.32 Å². The van der Waals surface area contributed by atoms with Gasteiger partial charge in [0.25, 0.3) is 11.2 Å². The number of fused-ring (bicyclic) bond motifs is 2. The van der Waals surface area contributed by atoms with E-state index in [4.69, 9.17) is 0 Å². The highest BCUT2D eigenvalue weighted by atomic mass is 16.6. The van der Waals surface area contributed by atoms with E-state index in [1.807, 2.05) is 30.3 Å². The number of nitrogens with one attached hydrogen (secondary N) is 2. The summed E-state index contributed by atoms with van der Waals surface area (Å²) in [5, 5.41) is 15.7. The second-order valence-electron chi connectivity index (χ2n) is 5.72. The van der Waals surface area contributed by atoms with E-state index in [0.29, 0.717) is 17.7 Å². The van der Waals surface area contributed by atoms with Crippen LogP contribution in [0.25, 0.3) is 21.8 Å². The van der Waals surface area contributed by atoms with Gasteiger partial charge in [-0.05, 0) is 17.7 Å². The average molecular weight is 347 g/mol. The summed E-state index contributed by atoms with van der Waals surface area (Å²) in [4.78, 5) is 33.6. The molecule has 26 heavy (non-hydrogen) atoms. The first-order valence-electron chi connectivity index (χ1n) is 7.86. The molecule has 0 saturated heterocycles. The lowest BCUT2D eigenvalue weighted by Crippen LogP contribution is -2.09. The number of pyridine rings is 1. The van der Waals surface area contributed by atoms with E-state index < -0.39 is 10.5 Å². The van der Waals surface area contributed by atoms with Crippen LogP contribution in [-0.2, 0) is 6.54 Å². The first-order chi connectivity index (χ1) is 12.6. The van der Waals surface area contributed by atoms with Crippen LogP contribution < -0.4 is 10.9 Å². The summed E-state index contributed by atoms with van der Waals surface area (Å²) >= 11 is 0. The van der Waals surface area contributed by atoms with Crippen LogP contribution in [0.1, 0.15) is 5.56 Å². The molecule has 0 aliphatic carbocycles. The van der Waals surface area contributed by atoms with Crippen molar-refractivity contribution in [1.29, 1.82) is 0 Å². The van der Waals surface area contributed by atoms with Crippen LogP contribution in [0.5, 0.6) is 0 Å². The maximum absolute atomic E-state index is 11.8. The van der Waals surface area contributed by atoms with Gasteiger partial charge in [-0.1, -0.05) is 24.3 Å². The fraction of sp³-hybridized carbons (Fsp3) is 0.0556. The molecule has 4 rings (SSSR count). The molecule has 8 heteroatoms. The van der Waals surface area contributed by atoms with Gasteiger partial charge in [-0.2, -0.15) is 0 Å². The van der Waals surface area contributed by atoms with Crippen molar-refractivity contribution < 1.29 is 4.92 Å². The molecule has 2 N–H and O–H groups in total. The minimum absolute atomic E-state index is 0.177. The number of nitro benzene ring substituents is 1. The van der Waals surface area contributed by atoms with Crippen LogP contribution >= 0.6 is 0 Å². The summed E-state index contributed by atoms with van der Waals surface area (Å²) in [5.74, 6) is 0. The molecule has 0 bridgehead atoms. The fourth-order valence-electron chi connectivity index (χ4n) is 2.90. The van der Waals surface area contributed by atoms with Crippen LogP contribution in [0.4, 0.5) is 11.4 Å². The number of aromatic amines is 1. The first-order valence-corrected chi connectivity index (χ1v) is 7.86. The molecule has 0 unspecified atom stereocenters. The van der Waals surface area contributed by atoms with E-state index in [0.717, 1.165) is 16.5 Å². The first kappa shape index (κ1) is 15.7. The van der Waals surface area contributed by atoms with E-state index in [-0.39, 0.29) is 11.1 Å². The van der Waals surface area contributed by atoms with Crippen molar-refractivity contribution in [2.45, 2.75) is 6.54 Å². The normalized spacial score (nSPS) is 10.9. The maximum Gasteiger partial charge on any atom is 0.293 e. The van der Waals surface area contributed by atoms with Gasteiger partial charge in [0.1, 0.15) is 5.69 Å². The van der Waals surface area contributed by atoms with Crippen molar-refractivity contribution >= 4 is 33.2 Å². The zero-order valence-electron chi connectivity index (χ0n) is 13.5. The van der Waals surface area contributed by atoms with Gasteiger partial charge in [0.2, 0.25) is 0 Å². The highest BCUT2D eigenvalue weighted by Gasteiger charge is 2.17. The Kier molecular flexibility index (Phi) is 3.77. The number of benzene rings is 2. The quantitative estimate of drug-likeness (QED) is 0.433. The molecule has 2 heterocycles. The zero-order chi connectivity index (χ0) is 18.1. The second kappa shape index (κ2) is 6.25. The van der Waals surface area contributed by atoms with Crippen molar-refractivity contribution in [3.63, 3.8) is 0 Å². The summed E-state index contributed by atoms with van der Waals surface area (Å²) in [6, 6.07) is 12.4. The molecule has 0 saturated carbocycles. The molecule has 0 radical (unpaired) electrons. The van der Waals surface area contributed by atoms with Gasteiger partial charge in [-0.3, -0.25) is 19.9 Å². The Labute approximate surface area is 146 Å². The highest BCUT2D eigenvalue weighted by Crippen LogP contribution is 2.29. The molecule has 0 aliphatic rings. The summed E-state index contributed by atoms with van der Waals surface area (Å²) < 4.78 is 0. The number of anilines is 1. The molecule has 0 aliphatic heterocycles. The van der Waals surface area contributed by atoms with Gasteiger partial charge in [-0.15, -0.1) is 0 Å². The third kappa shape index (κ3) is 2.73. The minimum atomic E-state index is -0.518. The zero-order valence-corrected chi connectivity index (χ0v) is 13.5. The van der Waals surface area contributed by atoms with Crippen LogP contribution in [-0.4, -0.2) is 19.9 Å². The third-order valence-electron chi connectivity index (χ3n) is 4.14. The number of hydrogen-bond acceptors (Lipinski definition) is 6. The van der Waals surface area contributed by atoms with E-state index in [1.54, 1.807) is 6.20 Å². The lowest BCUT2D eigenvalue weighted by molar-refractivity contribution is -0.383. The van der Waals surface area contributed by atoms with Gasteiger partial charge < -0.3 is 10.3 Å². The predicted octanol–water partition coefficient (Wildman–Crippen LogP) is 2.99. The van der Waals surface area contributed by atoms with Gasteiger partial charge in [0.05, 0.1) is 27.7 Å². The Bertz CT molecular complexity index is 1200. The predicted molar refractivity (Wildman–Crippen MR) is 98.1 cm³/mol. The number of rotatable bonds is 4. The number of H-pyrrole nitrogens is 1. The molecule has 2 aromatic heterocycles. The molecule has 128 valence electrons. The second-order valence-corrected chi connectivity index (χ2v) is 5.72. The highest BCUT2D eigenvalue weighted by molar-refractivity contribution is 5.87. The van der Waals surface area contributed by atoms with E-state index in [1.165, 1.54) is 18.5 Å². The van der Waals surface area contributed by atoms with Gasteiger partial charge in [0, 0.05) is 24.2 Å². The lowest BCUT2D eigenvalue weighted by Gasteiger charge is -2.10. The number of para-hydroxylation sites is 1. The van der Waals surface area contributed by atoms with Crippen LogP contribution in [0.2, 0.25) is 0 Å². The summed E-state index contributed by atoms with van der Waals surface area (Å²) in [7, 11) is 0. The maximum atomic E-state index is 11.8. The number of nitro groups is 1. The number of aromatic nitrogens is 3. The molecule has 0 fully saturated rings. The van der Waals surface area contributed by atoms with E-state index >= 15 is 0 Å². The van der Waals surface area contributed by atoms with Crippen LogP contribution in [0.3, 0.4) is 0 Å². The average Bonchev–Trinajstić information content (AvgIpc) is 2.66. The van der Waals surface area contributed by atoms with Gasteiger partial charge in [0.15, 0.2) is 0 Å². The van der Waals surface area contributed by atoms with Crippen molar-refractivity contribution in [3.8, 4) is 0 Å². The van der Waals surface area contributed by atoms with Gasteiger partial charge >= 0.3 is 0 Å². The van der Waals surface area contributed by atoms with Crippen LogP contribution in [0, 0.1) is 10.1 Å². The Morgan fingerprint density at radius 1 is 1.15 bits per heavy atom. The standard InChI is InChI=1S/C18H13N5O3/c24-18-13-7-16(23(25)26)15(8-14(13)21-10-22-18)20-9-12-4-1-3-11-5-2-6-19-17(11)12/h1-8,10,20H,9H2,(H,21,22,24). The smallest absolute Gasteiger partial charge is 0.293 e. The number of hydrogen-bond donors (Lipinski definition) is 2. The molecule has 0 atom stereocenters.